The number of alkyl halides is 2. The fraction of sp³-hybridized carbons (Fsp3) is 0.368. The first kappa shape index (κ1) is 19.8. The molecule has 1 aliphatic heterocycles. The minimum atomic E-state index is -2.81. The quantitative estimate of drug-likeness (QED) is 0.628. The van der Waals surface area contributed by atoms with Gasteiger partial charge in [-0.2, -0.15) is 10.2 Å². The van der Waals surface area contributed by atoms with E-state index in [-0.39, 0.29) is 17.3 Å². The average molecular weight is 414 g/mol. The monoisotopic (exact) mass is 414 g/mol. The van der Waals surface area contributed by atoms with Crippen LogP contribution in [0.4, 0.5) is 20.3 Å². The van der Waals surface area contributed by atoms with E-state index in [0.717, 1.165) is 19.5 Å². The Hall–Kier alpha value is -3.52. The summed E-state index contributed by atoms with van der Waals surface area (Å²) in [5.41, 5.74) is -0.0545. The molecule has 4 heterocycles. The van der Waals surface area contributed by atoms with Gasteiger partial charge in [0.15, 0.2) is 11.3 Å². The van der Waals surface area contributed by atoms with Crippen molar-refractivity contribution in [3.8, 4) is 12.3 Å². The first-order valence-corrected chi connectivity index (χ1v) is 9.38. The molecular weight excluding hydrogens is 394 g/mol. The number of nitrogens with zero attached hydrogens (tertiary/aromatic N) is 6. The summed E-state index contributed by atoms with van der Waals surface area (Å²) in [5, 5.41) is 13.6. The molecule has 0 radical (unpaired) electrons. The van der Waals surface area contributed by atoms with E-state index >= 15 is 0 Å². The Balaban J connectivity index is 1.63. The molecule has 1 amide bonds. The Morgan fingerprint density at radius 1 is 1.47 bits per heavy atom. The summed E-state index contributed by atoms with van der Waals surface area (Å²) in [4.78, 5) is 19.4. The van der Waals surface area contributed by atoms with Gasteiger partial charge < -0.3 is 15.5 Å². The molecule has 1 atom stereocenters. The Morgan fingerprint density at radius 2 is 2.30 bits per heavy atom. The molecular formula is C19H20F2N8O. The van der Waals surface area contributed by atoms with E-state index in [2.05, 4.69) is 36.6 Å². The molecule has 0 spiro atoms. The number of aryl methyl sites for hydroxylation is 1. The largest absolute Gasteiger partial charge is 0.354 e. The number of anilines is 2. The van der Waals surface area contributed by atoms with E-state index in [9.17, 15) is 13.6 Å². The molecule has 2 N–H and O–H groups in total. The molecule has 1 saturated heterocycles. The smallest absolute Gasteiger partial charge is 0.284 e. The van der Waals surface area contributed by atoms with Crippen LogP contribution in [0.1, 0.15) is 28.9 Å². The van der Waals surface area contributed by atoms with Gasteiger partial charge in [-0.25, -0.2) is 18.3 Å². The fourth-order valence-corrected chi connectivity index (χ4v) is 3.39. The van der Waals surface area contributed by atoms with Crippen LogP contribution < -0.4 is 15.5 Å². The van der Waals surface area contributed by atoms with Gasteiger partial charge in [0.05, 0.1) is 17.9 Å². The van der Waals surface area contributed by atoms with Crippen molar-refractivity contribution in [2.75, 3.05) is 29.9 Å². The van der Waals surface area contributed by atoms with Gasteiger partial charge in [-0.15, -0.1) is 6.42 Å². The summed E-state index contributed by atoms with van der Waals surface area (Å²) in [5.74, 6) is 2.79. The highest BCUT2D eigenvalue weighted by atomic mass is 19.3. The lowest BCUT2D eigenvalue weighted by molar-refractivity contribution is 0.102. The van der Waals surface area contributed by atoms with Gasteiger partial charge in [0.2, 0.25) is 0 Å². The second-order valence-corrected chi connectivity index (χ2v) is 6.94. The van der Waals surface area contributed by atoms with Crippen molar-refractivity contribution in [3.05, 3.63) is 35.9 Å². The van der Waals surface area contributed by atoms with Crippen molar-refractivity contribution in [2.45, 2.75) is 18.9 Å². The second-order valence-electron chi connectivity index (χ2n) is 6.94. The lowest BCUT2D eigenvalue weighted by atomic mass is 10.2. The van der Waals surface area contributed by atoms with Crippen LogP contribution in [0, 0.1) is 12.3 Å². The molecule has 1 aliphatic rings. The Morgan fingerprint density at radius 3 is 3.07 bits per heavy atom. The number of hydrogen-bond acceptors (Lipinski definition) is 6. The van der Waals surface area contributed by atoms with Crippen molar-refractivity contribution >= 4 is 23.1 Å². The van der Waals surface area contributed by atoms with E-state index in [1.165, 1.54) is 28.6 Å². The third-order valence-corrected chi connectivity index (χ3v) is 4.83. The van der Waals surface area contributed by atoms with Gasteiger partial charge in [-0.05, 0) is 19.0 Å². The van der Waals surface area contributed by atoms with Crippen molar-refractivity contribution < 1.29 is 13.6 Å². The van der Waals surface area contributed by atoms with E-state index in [0.29, 0.717) is 18.0 Å². The van der Waals surface area contributed by atoms with Gasteiger partial charge in [-0.1, -0.05) is 5.92 Å². The number of terminal acetylenes is 1. The first-order chi connectivity index (χ1) is 14.5. The van der Waals surface area contributed by atoms with Crippen LogP contribution in [0.2, 0.25) is 0 Å². The molecule has 0 saturated carbocycles. The number of carbonyl (C=O) groups excluding carboxylic acids is 1. The fourth-order valence-electron chi connectivity index (χ4n) is 3.39. The van der Waals surface area contributed by atoms with E-state index in [1.54, 1.807) is 12.3 Å². The van der Waals surface area contributed by atoms with E-state index in [4.69, 9.17) is 6.42 Å². The zero-order chi connectivity index (χ0) is 21.3. The van der Waals surface area contributed by atoms with Crippen molar-refractivity contribution in [1.82, 2.24) is 29.7 Å². The van der Waals surface area contributed by atoms with Crippen molar-refractivity contribution in [2.24, 2.45) is 7.05 Å². The van der Waals surface area contributed by atoms with E-state index < -0.39 is 18.0 Å². The predicted octanol–water partition coefficient (Wildman–Crippen LogP) is 1.45. The maximum Gasteiger partial charge on any atom is 0.284 e. The number of rotatable bonds is 4. The molecule has 3 aromatic rings. The maximum atomic E-state index is 13.2. The maximum absolute atomic E-state index is 13.2. The predicted molar refractivity (Wildman–Crippen MR) is 107 cm³/mol. The van der Waals surface area contributed by atoms with Crippen molar-refractivity contribution in [3.63, 3.8) is 0 Å². The van der Waals surface area contributed by atoms with Gasteiger partial charge in [0.1, 0.15) is 11.4 Å². The van der Waals surface area contributed by atoms with Crippen LogP contribution in [-0.4, -0.2) is 56.0 Å². The Kier molecular flexibility index (Phi) is 5.33. The van der Waals surface area contributed by atoms with Gasteiger partial charge in [0.25, 0.3) is 12.3 Å². The summed E-state index contributed by atoms with van der Waals surface area (Å²) < 4.78 is 29.0. The third-order valence-electron chi connectivity index (χ3n) is 4.83. The molecule has 3 aromatic heterocycles. The molecule has 11 heteroatoms. The molecule has 4 rings (SSSR count). The Labute approximate surface area is 171 Å². The lowest BCUT2D eigenvalue weighted by Crippen LogP contribution is -2.37. The van der Waals surface area contributed by atoms with Crippen molar-refractivity contribution in [1.29, 1.82) is 0 Å². The Bertz CT molecular complexity index is 1120. The van der Waals surface area contributed by atoms with Gasteiger partial charge in [0, 0.05) is 32.5 Å². The minimum absolute atomic E-state index is 0.0524. The third kappa shape index (κ3) is 3.81. The van der Waals surface area contributed by atoms with Crippen LogP contribution in [0.15, 0.2) is 24.7 Å². The zero-order valence-electron chi connectivity index (χ0n) is 16.2. The summed E-state index contributed by atoms with van der Waals surface area (Å²) in [6.07, 6.45) is 8.04. The number of fused-ring (bicyclic) bond motifs is 1. The average Bonchev–Trinajstić information content (AvgIpc) is 3.22. The molecule has 156 valence electrons. The lowest BCUT2D eigenvalue weighted by Gasteiger charge is -2.23. The molecule has 30 heavy (non-hydrogen) atoms. The number of carbonyl (C=O) groups is 1. The van der Waals surface area contributed by atoms with Crippen LogP contribution in [0.3, 0.4) is 0 Å². The number of amides is 1. The second kappa shape index (κ2) is 8.08. The summed E-state index contributed by atoms with van der Waals surface area (Å²) in [6.45, 7) is 2.16. The zero-order valence-corrected chi connectivity index (χ0v) is 16.2. The number of halogens is 2. The first-order valence-electron chi connectivity index (χ1n) is 9.38. The molecule has 0 bridgehead atoms. The molecule has 0 unspecified atom stereocenters. The summed E-state index contributed by atoms with van der Waals surface area (Å²) in [7, 11) is 1.50. The van der Waals surface area contributed by atoms with Crippen LogP contribution >= 0.6 is 0 Å². The van der Waals surface area contributed by atoms with Gasteiger partial charge >= 0.3 is 0 Å². The molecule has 0 aromatic carbocycles. The highest BCUT2D eigenvalue weighted by Crippen LogP contribution is 2.26. The summed E-state index contributed by atoms with van der Waals surface area (Å²) in [6, 6.07) is 1.70. The molecule has 0 aliphatic carbocycles. The number of nitrogens with one attached hydrogen (secondary N) is 2. The number of hydrogen-bond donors (Lipinski definition) is 2. The van der Waals surface area contributed by atoms with Crippen LogP contribution in [0.25, 0.3) is 5.65 Å². The molecule has 1 fully saturated rings. The highest BCUT2D eigenvalue weighted by Gasteiger charge is 2.23. The topological polar surface area (TPSA) is 92.4 Å². The minimum Gasteiger partial charge on any atom is -0.354 e. The summed E-state index contributed by atoms with van der Waals surface area (Å²) >= 11 is 0. The normalized spacial score (nSPS) is 17.2. The highest BCUT2D eigenvalue weighted by molar-refractivity contribution is 6.08. The van der Waals surface area contributed by atoms with Crippen LogP contribution in [-0.2, 0) is 7.05 Å². The van der Waals surface area contributed by atoms with E-state index in [1.807, 2.05) is 0 Å². The molecule has 9 nitrogen and oxygen atoms in total. The van der Waals surface area contributed by atoms with Crippen LogP contribution in [0.5, 0.6) is 0 Å². The van der Waals surface area contributed by atoms with Gasteiger partial charge in [-0.3, -0.25) is 9.48 Å². The standard InChI is InChI=1S/C19H20F2N8O/c1-3-12-10-28(7-4-6-22-12)15-5-8-29-18(25-15)13(9-23-29)19(30)24-14-11-27(2)26-16(14)17(20)21/h1,5,8-9,11-12,17,22H,4,6-7,10H2,2H3,(H,24,30)/t12-/m1/s1. The SMILES string of the molecule is C#C[C@@H]1CN(c2ccn3ncc(C(=O)Nc4cn(C)nc4C(F)F)c3n2)CCCN1. The number of aromatic nitrogens is 5.